The number of carbonyl (C=O) groups is 2. The molecule has 8 heteroatoms. The molecule has 1 saturated carbocycles. The predicted molar refractivity (Wildman–Crippen MR) is 114 cm³/mol. The second kappa shape index (κ2) is 9.54. The zero-order valence-electron chi connectivity index (χ0n) is 17.9. The Morgan fingerprint density at radius 1 is 1.12 bits per heavy atom. The summed E-state index contributed by atoms with van der Waals surface area (Å²) in [7, 11) is 1.39. The number of halogens is 2. The number of nitrogens with zero attached hydrogens (tertiary/aromatic N) is 2. The second-order valence-corrected chi connectivity index (χ2v) is 8.14. The molecule has 0 spiro atoms. The van der Waals surface area contributed by atoms with Crippen molar-refractivity contribution in [2.24, 2.45) is 0 Å². The van der Waals surface area contributed by atoms with Crippen LogP contribution in [0.3, 0.4) is 0 Å². The van der Waals surface area contributed by atoms with E-state index in [9.17, 15) is 18.4 Å². The number of amides is 2. The summed E-state index contributed by atoms with van der Waals surface area (Å²) in [6.07, 6.45) is 3.37. The Morgan fingerprint density at radius 3 is 2.44 bits per heavy atom. The molecule has 4 rings (SSSR count). The molecule has 0 N–H and O–H groups in total. The molecular weight excluding hydrogens is 418 g/mol. The van der Waals surface area contributed by atoms with Crippen molar-refractivity contribution < 1.29 is 27.8 Å². The van der Waals surface area contributed by atoms with Crippen molar-refractivity contribution in [3.05, 3.63) is 59.2 Å². The van der Waals surface area contributed by atoms with E-state index in [1.807, 2.05) is 17.0 Å². The normalized spacial score (nSPS) is 15.9. The summed E-state index contributed by atoms with van der Waals surface area (Å²) in [5.41, 5.74) is 2.35. The lowest BCUT2D eigenvalue weighted by molar-refractivity contribution is -0.128. The van der Waals surface area contributed by atoms with Crippen LogP contribution in [0.15, 0.2) is 42.5 Å². The maximum Gasteiger partial charge on any atom is 0.387 e. The Morgan fingerprint density at radius 2 is 1.84 bits per heavy atom. The number of methoxy groups -OCH3 is 1. The first-order chi connectivity index (χ1) is 15.4. The lowest BCUT2D eigenvalue weighted by Crippen LogP contribution is -2.32. The monoisotopic (exact) mass is 444 g/mol. The number of likely N-dealkylation sites (tertiary alicyclic amines) is 1. The predicted octanol–water partition coefficient (Wildman–Crippen LogP) is 4.22. The zero-order valence-corrected chi connectivity index (χ0v) is 17.9. The molecule has 1 aliphatic carbocycles. The Bertz CT molecular complexity index is 976. The smallest absolute Gasteiger partial charge is 0.387 e. The van der Waals surface area contributed by atoms with E-state index in [2.05, 4.69) is 4.74 Å². The van der Waals surface area contributed by atoms with Crippen molar-refractivity contribution in [2.45, 2.75) is 51.4 Å². The summed E-state index contributed by atoms with van der Waals surface area (Å²) in [4.78, 5) is 28.7. The summed E-state index contributed by atoms with van der Waals surface area (Å²) < 4.78 is 34.8. The summed E-state index contributed by atoms with van der Waals surface area (Å²) in [6, 6.07) is 12.3. The van der Waals surface area contributed by atoms with Gasteiger partial charge in [-0.2, -0.15) is 8.78 Å². The van der Waals surface area contributed by atoms with Crippen LogP contribution in [-0.4, -0.2) is 47.9 Å². The SMILES string of the molecule is COc1cc(CN(C(=O)c2ccc(CN3CCCC3=O)cc2)C2CC2)ccc1OC(F)F. The van der Waals surface area contributed by atoms with Gasteiger partial charge in [-0.3, -0.25) is 9.59 Å². The number of ether oxygens (including phenoxy) is 2. The molecular formula is C24H26F2N2O4. The standard InChI is InChI=1S/C24H26F2N2O4/c1-31-21-13-17(6-11-20(21)32-24(25)26)15-28(19-9-10-19)23(30)18-7-4-16(5-8-18)14-27-12-2-3-22(27)29/h4-8,11,13,19,24H,2-3,9-10,12,14-15H2,1H3. The average Bonchev–Trinajstić information content (AvgIpc) is 3.55. The average molecular weight is 444 g/mol. The number of benzene rings is 2. The van der Waals surface area contributed by atoms with Crippen molar-refractivity contribution in [1.29, 1.82) is 0 Å². The van der Waals surface area contributed by atoms with Crippen LogP contribution in [0.1, 0.15) is 47.2 Å². The van der Waals surface area contributed by atoms with Crippen LogP contribution in [0.5, 0.6) is 11.5 Å². The van der Waals surface area contributed by atoms with E-state index in [4.69, 9.17) is 4.74 Å². The zero-order chi connectivity index (χ0) is 22.7. The van der Waals surface area contributed by atoms with Crippen molar-refractivity contribution >= 4 is 11.8 Å². The molecule has 0 aromatic heterocycles. The van der Waals surface area contributed by atoms with Gasteiger partial charge in [-0.25, -0.2) is 0 Å². The van der Waals surface area contributed by atoms with Crippen LogP contribution in [0, 0.1) is 0 Å². The van der Waals surface area contributed by atoms with Crippen LogP contribution in [0.2, 0.25) is 0 Å². The first-order valence-corrected chi connectivity index (χ1v) is 10.7. The van der Waals surface area contributed by atoms with E-state index < -0.39 is 6.61 Å². The van der Waals surface area contributed by atoms with Gasteiger partial charge < -0.3 is 19.3 Å². The van der Waals surface area contributed by atoms with Gasteiger partial charge in [0.25, 0.3) is 5.91 Å². The first kappa shape index (κ1) is 22.0. The Hall–Kier alpha value is -3.16. The third-order valence-corrected chi connectivity index (χ3v) is 5.79. The number of carbonyl (C=O) groups excluding carboxylic acids is 2. The minimum Gasteiger partial charge on any atom is -0.493 e. The highest BCUT2D eigenvalue weighted by molar-refractivity contribution is 5.94. The fraction of sp³-hybridized carbons (Fsp3) is 0.417. The maximum atomic E-state index is 13.2. The van der Waals surface area contributed by atoms with Crippen LogP contribution in [0.25, 0.3) is 0 Å². The minimum atomic E-state index is -2.94. The molecule has 1 aliphatic heterocycles. The van der Waals surface area contributed by atoms with Gasteiger partial charge in [0.2, 0.25) is 5.91 Å². The molecule has 2 amide bonds. The van der Waals surface area contributed by atoms with Gasteiger partial charge in [-0.15, -0.1) is 0 Å². The highest BCUT2D eigenvalue weighted by Gasteiger charge is 2.33. The summed E-state index contributed by atoms with van der Waals surface area (Å²) in [6.45, 7) is -1.25. The van der Waals surface area contributed by atoms with Crippen LogP contribution < -0.4 is 9.47 Å². The molecule has 0 atom stereocenters. The van der Waals surface area contributed by atoms with E-state index in [1.165, 1.54) is 13.2 Å². The van der Waals surface area contributed by atoms with Gasteiger partial charge in [0.15, 0.2) is 11.5 Å². The largest absolute Gasteiger partial charge is 0.493 e. The lowest BCUT2D eigenvalue weighted by atomic mass is 10.1. The molecule has 32 heavy (non-hydrogen) atoms. The van der Waals surface area contributed by atoms with E-state index >= 15 is 0 Å². The van der Waals surface area contributed by atoms with Crippen molar-refractivity contribution in [1.82, 2.24) is 9.80 Å². The fourth-order valence-corrected chi connectivity index (χ4v) is 3.96. The van der Waals surface area contributed by atoms with Crippen LogP contribution in [0.4, 0.5) is 8.78 Å². The summed E-state index contributed by atoms with van der Waals surface area (Å²) in [5.74, 6) is 0.253. The van der Waals surface area contributed by atoms with Gasteiger partial charge in [0.05, 0.1) is 7.11 Å². The van der Waals surface area contributed by atoms with E-state index in [0.717, 1.165) is 36.9 Å². The molecule has 2 aromatic carbocycles. The topological polar surface area (TPSA) is 59.1 Å². The van der Waals surface area contributed by atoms with E-state index in [-0.39, 0.29) is 29.4 Å². The van der Waals surface area contributed by atoms with Gasteiger partial charge in [0, 0.05) is 37.7 Å². The first-order valence-electron chi connectivity index (χ1n) is 10.7. The van der Waals surface area contributed by atoms with Crippen molar-refractivity contribution in [3.8, 4) is 11.5 Å². The highest BCUT2D eigenvalue weighted by atomic mass is 19.3. The molecule has 2 aliphatic rings. The lowest BCUT2D eigenvalue weighted by Gasteiger charge is -2.23. The molecule has 0 bridgehead atoms. The van der Waals surface area contributed by atoms with Gasteiger partial charge in [0.1, 0.15) is 0 Å². The van der Waals surface area contributed by atoms with Crippen molar-refractivity contribution in [3.63, 3.8) is 0 Å². The molecule has 2 aromatic rings. The minimum absolute atomic E-state index is 0.0392. The molecule has 0 radical (unpaired) electrons. The second-order valence-electron chi connectivity index (χ2n) is 8.14. The molecule has 170 valence electrons. The Labute approximate surface area is 185 Å². The molecule has 2 fully saturated rings. The van der Waals surface area contributed by atoms with Crippen LogP contribution >= 0.6 is 0 Å². The number of alkyl halides is 2. The van der Waals surface area contributed by atoms with Gasteiger partial charge >= 0.3 is 6.61 Å². The maximum absolute atomic E-state index is 13.2. The van der Waals surface area contributed by atoms with Crippen LogP contribution in [-0.2, 0) is 17.9 Å². The number of hydrogen-bond acceptors (Lipinski definition) is 4. The quantitative estimate of drug-likeness (QED) is 0.581. The van der Waals surface area contributed by atoms with Gasteiger partial charge in [-0.05, 0) is 54.7 Å². The molecule has 1 heterocycles. The summed E-state index contributed by atoms with van der Waals surface area (Å²) in [5, 5.41) is 0. The Kier molecular flexibility index (Phi) is 6.58. The third kappa shape index (κ3) is 5.18. The number of hydrogen-bond donors (Lipinski definition) is 0. The van der Waals surface area contributed by atoms with Gasteiger partial charge in [-0.1, -0.05) is 18.2 Å². The van der Waals surface area contributed by atoms with E-state index in [0.29, 0.717) is 25.1 Å². The van der Waals surface area contributed by atoms with Crippen molar-refractivity contribution in [2.75, 3.05) is 13.7 Å². The molecule has 1 saturated heterocycles. The molecule has 0 unspecified atom stereocenters. The molecule has 6 nitrogen and oxygen atoms in total. The van der Waals surface area contributed by atoms with E-state index in [1.54, 1.807) is 29.2 Å². The third-order valence-electron chi connectivity index (χ3n) is 5.79. The summed E-state index contributed by atoms with van der Waals surface area (Å²) >= 11 is 0. The fourth-order valence-electron chi connectivity index (χ4n) is 3.96. The number of rotatable bonds is 9. The highest BCUT2D eigenvalue weighted by Crippen LogP contribution is 2.33. The Balaban J connectivity index is 1.46.